The summed E-state index contributed by atoms with van der Waals surface area (Å²) in [6, 6.07) is 10.2. The van der Waals surface area contributed by atoms with Crippen molar-refractivity contribution in [1.82, 2.24) is 10.6 Å². The Kier molecular flexibility index (Phi) is 6.95. The molecule has 2 amide bonds. The van der Waals surface area contributed by atoms with Crippen molar-refractivity contribution < 1.29 is 23.5 Å². The van der Waals surface area contributed by atoms with E-state index < -0.39 is 23.9 Å². The molecule has 2 N–H and O–H groups in total. The maximum atomic E-state index is 13.9. The predicted molar refractivity (Wildman–Crippen MR) is 111 cm³/mol. The van der Waals surface area contributed by atoms with Crippen LogP contribution in [0.25, 0.3) is 0 Å². The van der Waals surface area contributed by atoms with E-state index in [-0.39, 0.29) is 12.2 Å². The molecule has 0 spiro atoms. The summed E-state index contributed by atoms with van der Waals surface area (Å²) >= 11 is 6.02. The van der Waals surface area contributed by atoms with Crippen LogP contribution in [0, 0.1) is 5.82 Å². The third kappa shape index (κ3) is 4.91. The van der Waals surface area contributed by atoms with Gasteiger partial charge < -0.3 is 20.1 Å². The van der Waals surface area contributed by atoms with E-state index in [0.717, 1.165) is 0 Å². The second-order valence-electron chi connectivity index (χ2n) is 6.76. The number of nitrogens with one attached hydrogen (secondary N) is 2. The van der Waals surface area contributed by atoms with Crippen molar-refractivity contribution in [3.05, 3.63) is 75.7 Å². The summed E-state index contributed by atoms with van der Waals surface area (Å²) < 4.78 is 24.8. The molecule has 1 unspecified atom stereocenters. The summed E-state index contributed by atoms with van der Waals surface area (Å²) in [5.41, 5.74) is 1.74. The Morgan fingerprint density at radius 3 is 2.60 bits per heavy atom. The number of allylic oxidation sites excluding steroid dienone is 1. The van der Waals surface area contributed by atoms with Crippen molar-refractivity contribution in [2.45, 2.75) is 32.9 Å². The standard InChI is InChI=1S/C22H22ClFN2O4/c1-3-11-29-21(27)19-13(2)25-22(28)26-20(19)14-7-9-15(10-8-14)30-12-16-17(23)5-4-6-18(16)24/h4-10,20H,3,11-12H2,1-2H3,(H2,25,26,28). The third-order valence-corrected chi connectivity index (χ3v) is 4.94. The van der Waals surface area contributed by atoms with Gasteiger partial charge in [0, 0.05) is 11.3 Å². The second-order valence-corrected chi connectivity index (χ2v) is 7.17. The molecule has 1 aliphatic rings. The lowest BCUT2D eigenvalue weighted by molar-refractivity contribution is -0.139. The molecule has 8 heteroatoms. The summed E-state index contributed by atoms with van der Waals surface area (Å²) in [6.45, 7) is 3.83. The normalized spacial score (nSPS) is 16.0. The van der Waals surface area contributed by atoms with E-state index in [9.17, 15) is 14.0 Å². The zero-order valence-corrected chi connectivity index (χ0v) is 17.4. The summed E-state index contributed by atoms with van der Waals surface area (Å²) in [5.74, 6) is -0.428. The number of hydrogen-bond donors (Lipinski definition) is 2. The second kappa shape index (κ2) is 9.63. The number of esters is 1. The van der Waals surface area contributed by atoms with E-state index in [1.165, 1.54) is 12.1 Å². The monoisotopic (exact) mass is 432 g/mol. The summed E-state index contributed by atoms with van der Waals surface area (Å²) in [5, 5.41) is 5.64. The van der Waals surface area contributed by atoms with Gasteiger partial charge in [-0.25, -0.2) is 14.0 Å². The number of halogens is 2. The van der Waals surface area contributed by atoms with Crippen molar-refractivity contribution in [2.24, 2.45) is 0 Å². The zero-order valence-electron chi connectivity index (χ0n) is 16.6. The van der Waals surface area contributed by atoms with Gasteiger partial charge in [-0.05, 0) is 43.2 Å². The molecule has 0 saturated heterocycles. The van der Waals surface area contributed by atoms with Gasteiger partial charge >= 0.3 is 12.0 Å². The maximum absolute atomic E-state index is 13.9. The minimum atomic E-state index is -0.654. The lowest BCUT2D eigenvalue weighted by Gasteiger charge is -2.28. The Hall–Kier alpha value is -3.06. The fourth-order valence-corrected chi connectivity index (χ4v) is 3.29. The minimum Gasteiger partial charge on any atom is -0.489 e. The van der Waals surface area contributed by atoms with Crippen LogP contribution in [0.4, 0.5) is 9.18 Å². The average molecular weight is 433 g/mol. The Balaban J connectivity index is 1.77. The first-order valence-corrected chi connectivity index (χ1v) is 9.89. The van der Waals surface area contributed by atoms with Crippen LogP contribution in [-0.2, 0) is 16.1 Å². The highest BCUT2D eigenvalue weighted by atomic mass is 35.5. The molecular formula is C22H22ClFN2O4. The topological polar surface area (TPSA) is 76.7 Å². The Morgan fingerprint density at radius 1 is 1.20 bits per heavy atom. The molecule has 0 saturated carbocycles. The maximum Gasteiger partial charge on any atom is 0.338 e. The third-order valence-electron chi connectivity index (χ3n) is 4.58. The van der Waals surface area contributed by atoms with Crippen LogP contribution in [0.15, 0.2) is 53.7 Å². The lowest BCUT2D eigenvalue weighted by Crippen LogP contribution is -2.45. The van der Waals surface area contributed by atoms with E-state index in [4.69, 9.17) is 21.1 Å². The van der Waals surface area contributed by atoms with E-state index in [1.807, 2.05) is 6.92 Å². The van der Waals surface area contributed by atoms with Crippen molar-refractivity contribution in [3.8, 4) is 5.75 Å². The number of ether oxygens (including phenoxy) is 2. The van der Waals surface area contributed by atoms with Crippen LogP contribution < -0.4 is 15.4 Å². The lowest BCUT2D eigenvalue weighted by atomic mass is 9.95. The summed E-state index contributed by atoms with van der Waals surface area (Å²) in [6.07, 6.45) is 0.695. The van der Waals surface area contributed by atoms with Crippen LogP contribution in [0.5, 0.6) is 5.75 Å². The van der Waals surface area contributed by atoms with Crippen molar-refractivity contribution in [3.63, 3.8) is 0 Å². The Morgan fingerprint density at radius 2 is 1.93 bits per heavy atom. The molecular weight excluding hydrogens is 411 g/mol. The average Bonchev–Trinajstić information content (AvgIpc) is 2.71. The molecule has 2 aromatic carbocycles. The Bertz CT molecular complexity index is 955. The highest BCUT2D eigenvalue weighted by Gasteiger charge is 2.32. The quantitative estimate of drug-likeness (QED) is 0.625. The first kappa shape index (κ1) is 21.6. The number of benzene rings is 2. The van der Waals surface area contributed by atoms with Gasteiger partial charge in [0.2, 0.25) is 0 Å². The molecule has 30 heavy (non-hydrogen) atoms. The van der Waals surface area contributed by atoms with E-state index >= 15 is 0 Å². The van der Waals surface area contributed by atoms with Gasteiger partial charge in [-0.3, -0.25) is 0 Å². The molecule has 0 aromatic heterocycles. The van der Waals surface area contributed by atoms with Crippen LogP contribution >= 0.6 is 11.6 Å². The van der Waals surface area contributed by atoms with E-state index in [1.54, 1.807) is 37.3 Å². The van der Waals surface area contributed by atoms with E-state index in [2.05, 4.69) is 10.6 Å². The molecule has 1 aliphatic heterocycles. The van der Waals surface area contributed by atoms with Crippen LogP contribution in [0.1, 0.15) is 37.4 Å². The predicted octanol–water partition coefficient (Wildman–Crippen LogP) is 4.64. The summed E-state index contributed by atoms with van der Waals surface area (Å²) in [7, 11) is 0. The molecule has 3 rings (SSSR count). The number of carbonyl (C=O) groups is 2. The molecule has 0 aliphatic carbocycles. The van der Waals surface area contributed by atoms with Gasteiger partial charge in [0.1, 0.15) is 18.2 Å². The van der Waals surface area contributed by atoms with Crippen molar-refractivity contribution in [2.75, 3.05) is 6.61 Å². The van der Waals surface area contributed by atoms with Crippen LogP contribution in [-0.4, -0.2) is 18.6 Å². The van der Waals surface area contributed by atoms with Gasteiger partial charge in [-0.2, -0.15) is 0 Å². The number of carbonyl (C=O) groups excluding carboxylic acids is 2. The van der Waals surface area contributed by atoms with Crippen molar-refractivity contribution >= 4 is 23.6 Å². The molecule has 1 atom stereocenters. The van der Waals surface area contributed by atoms with Gasteiger partial charge in [-0.1, -0.05) is 36.7 Å². The zero-order chi connectivity index (χ0) is 21.7. The molecule has 0 fully saturated rings. The van der Waals surface area contributed by atoms with E-state index in [0.29, 0.717) is 40.6 Å². The number of amides is 2. The highest BCUT2D eigenvalue weighted by molar-refractivity contribution is 6.31. The molecule has 2 aromatic rings. The molecule has 0 radical (unpaired) electrons. The smallest absolute Gasteiger partial charge is 0.338 e. The minimum absolute atomic E-state index is 0.0253. The van der Waals surface area contributed by atoms with Gasteiger partial charge in [-0.15, -0.1) is 0 Å². The fraction of sp³-hybridized carbons (Fsp3) is 0.273. The van der Waals surface area contributed by atoms with Crippen molar-refractivity contribution in [1.29, 1.82) is 0 Å². The number of hydrogen-bond acceptors (Lipinski definition) is 4. The fourth-order valence-electron chi connectivity index (χ4n) is 3.07. The largest absolute Gasteiger partial charge is 0.489 e. The van der Waals surface area contributed by atoms with Gasteiger partial charge in [0.05, 0.1) is 23.2 Å². The number of rotatable bonds is 7. The van der Waals surface area contributed by atoms with Gasteiger partial charge in [0.15, 0.2) is 0 Å². The highest BCUT2D eigenvalue weighted by Crippen LogP contribution is 2.29. The van der Waals surface area contributed by atoms with Gasteiger partial charge in [0.25, 0.3) is 0 Å². The first-order chi connectivity index (χ1) is 14.4. The molecule has 1 heterocycles. The van der Waals surface area contributed by atoms with Crippen LogP contribution in [0.3, 0.4) is 0 Å². The Labute approximate surface area is 179 Å². The summed E-state index contributed by atoms with van der Waals surface area (Å²) in [4.78, 5) is 24.5. The molecule has 6 nitrogen and oxygen atoms in total. The molecule has 158 valence electrons. The van der Waals surface area contributed by atoms with Crippen LogP contribution in [0.2, 0.25) is 5.02 Å². The molecule has 0 bridgehead atoms. The SMILES string of the molecule is CCCOC(=O)C1=C(C)NC(=O)NC1c1ccc(OCc2c(F)cccc2Cl)cc1. The number of urea groups is 1. The first-order valence-electron chi connectivity index (χ1n) is 9.51.